The smallest absolute Gasteiger partial charge is 0.230 e. The third-order valence-electron chi connectivity index (χ3n) is 6.85. The summed E-state index contributed by atoms with van der Waals surface area (Å²) in [5.41, 5.74) is 1.47. The largest absolute Gasteiger partial charge is 0.354 e. The quantitative estimate of drug-likeness (QED) is 0.649. The molecule has 1 aromatic carbocycles. The molecule has 5 rings (SSSR count). The Balaban J connectivity index is 1.19. The number of carbonyl (C=O) groups excluding carboxylic acids is 1. The number of rotatable bonds is 8. The van der Waals surface area contributed by atoms with E-state index in [9.17, 15) is 4.79 Å². The maximum Gasteiger partial charge on any atom is 0.230 e. The van der Waals surface area contributed by atoms with E-state index >= 15 is 0 Å². The number of thioether (sulfide) groups is 1. The number of amides is 1. The lowest BCUT2D eigenvalue weighted by molar-refractivity contribution is -0.119. The average Bonchev–Trinajstić information content (AvgIpc) is 3.51. The second kappa shape index (κ2) is 8.61. The lowest BCUT2D eigenvalue weighted by atomic mass is 9.64. The Bertz CT molecular complexity index is 869. The minimum Gasteiger partial charge on any atom is -0.354 e. The normalized spacial score (nSPS) is 20.6. The summed E-state index contributed by atoms with van der Waals surface area (Å²) in [6.45, 7) is 2.86. The second-order valence-electron chi connectivity index (χ2n) is 9.00. The number of hydrogen-bond donors (Lipinski definition) is 1. The fourth-order valence-corrected chi connectivity index (χ4v) is 5.57. The summed E-state index contributed by atoms with van der Waals surface area (Å²) in [5.74, 6) is 1.50. The molecule has 3 aliphatic rings. The summed E-state index contributed by atoms with van der Waals surface area (Å²) >= 11 is 1.53. The van der Waals surface area contributed by atoms with Gasteiger partial charge in [0.05, 0.1) is 5.75 Å². The molecule has 0 bridgehead atoms. The summed E-state index contributed by atoms with van der Waals surface area (Å²) in [6, 6.07) is 11.1. The fraction of sp³-hybridized carbons (Fsp3) is 0.609. The van der Waals surface area contributed by atoms with E-state index < -0.39 is 0 Å². The zero-order chi connectivity index (χ0) is 20.4. The molecule has 1 amide bonds. The van der Waals surface area contributed by atoms with Crippen LogP contribution in [-0.2, 0) is 10.2 Å². The number of carbonyl (C=O) groups is 1. The van der Waals surface area contributed by atoms with Crippen molar-refractivity contribution in [1.82, 2.24) is 20.1 Å². The number of nitrogens with zero attached hydrogens (tertiary/aromatic N) is 4. The van der Waals surface area contributed by atoms with E-state index in [2.05, 4.69) is 55.3 Å². The van der Waals surface area contributed by atoms with Crippen LogP contribution in [0.2, 0.25) is 0 Å². The SMILES string of the molecule is O=C(CSc1nnc(N2CCCCC2)n1C1CC1)NCC1(c2ccccc2)CCC1. The third kappa shape index (κ3) is 4.09. The number of anilines is 1. The highest BCUT2D eigenvalue weighted by Crippen LogP contribution is 2.43. The molecule has 1 saturated heterocycles. The molecule has 0 unspecified atom stereocenters. The summed E-state index contributed by atoms with van der Waals surface area (Å²) in [5, 5.41) is 13.1. The molecule has 1 aliphatic heterocycles. The highest BCUT2D eigenvalue weighted by Gasteiger charge is 2.38. The first-order chi connectivity index (χ1) is 14.8. The van der Waals surface area contributed by atoms with Crippen molar-refractivity contribution >= 4 is 23.6 Å². The van der Waals surface area contributed by atoms with E-state index in [0.717, 1.165) is 43.6 Å². The van der Waals surface area contributed by atoms with E-state index in [4.69, 9.17) is 0 Å². The van der Waals surface area contributed by atoms with Crippen molar-refractivity contribution in [2.75, 3.05) is 30.3 Å². The van der Waals surface area contributed by atoms with Gasteiger partial charge in [-0.1, -0.05) is 48.5 Å². The van der Waals surface area contributed by atoms with E-state index in [-0.39, 0.29) is 11.3 Å². The number of hydrogen-bond acceptors (Lipinski definition) is 5. The average molecular weight is 426 g/mol. The zero-order valence-electron chi connectivity index (χ0n) is 17.6. The first kappa shape index (κ1) is 19.9. The van der Waals surface area contributed by atoms with Crippen molar-refractivity contribution in [2.24, 2.45) is 0 Å². The molecule has 2 aliphatic carbocycles. The van der Waals surface area contributed by atoms with Crippen LogP contribution in [0.1, 0.15) is 63.0 Å². The molecule has 7 heteroatoms. The molecule has 160 valence electrons. The van der Waals surface area contributed by atoms with Gasteiger partial charge in [-0.15, -0.1) is 10.2 Å². The minimum atomic E-state index is 0.0899. The molecule has 1 aromatic heterocycles. The van der Waals surface area contributed by atoms with Crippen LogP contribution in [0.5, 0.6) is 0 Å². The number of aromatic nitrogens is 3. The Hall–Kier alpha value is -2.02. The van der Waals surface area contributed by atoms with Gasteiger partial charge in [-0.05, 0) is 50.5 Å². The summed E-state index contributed by atoms with van der Waals surface area (Å²) in [6.07, 6.45) is 9.69. The van der Waals surface area contributed by atoms with Crippen molar-refractivity contribution in [3.05, 3.63) is 35.9 Å². The van der Waals surface area contributed by atoms with Gasteiger partial charge in [0.25, 0.3) is 0 Å². The summed E-state index contributed by atoms with van der Waals surface area (Å²) in [7, 11) is 0. The lowest BCUT2D eigenvalue weighted by Crippen LogP contribution is -2.46. The molecule has 1 N–H and O–H groups in total. The molecule has 2 saturated carbocycles. The molecule has 3 fully saturated rings. The highest BCUT2D eigenvalue weighted by molar-refractivity contribution is 7.99. The van der Waals surface area contributed by atoms with Crippen LogP contribution in [0.25, 0.3) is 0 Å². The maximum absolute atomic E-state index is 12.6. The van der Waals surface area contributed by atoms with E-state index in [1.54, 1.807) is 0 Å². The van der Waals surface area contributed by atoms with Crippen molar-refractivity contribution < 1.29 is 4.79 Å². The van der Waals surface area contributed by atoms with Crippen LogP contribution in [0.4, 0.5) is 5.95 Å². The summed E-state index contributed by atoms with van der Waals surface area (Å²) in [4.78, 5) is 15.0. The predicted octanol–water partition coefficient (Wildman–Crippen LogP) is 3.93. The molecule has 0 radical (unpaired) electrons. The van der Waals surface area contributed by atoms with Gasteiger partial charge in [0.2, 0.25) is 11.9 Å². The van der Waals surface area contributed by atoms with E-state index in [0.29, 0.717) is 11.8 Å². The Morgan fingerprint density at radius 3 is 2.50 bits per heavy atom. The minimum absolute atomic E-state index is 0.0899. The third-order valence-corrected chi connectivity index (χ3v) is 7.79. The van der Waals surface area contributed by atoms with Crippen LogP contribution in [0.15, 0.2) is 35.5 Å². The predicted molar refractivity (Wildman–Crippen MR) is 120 cm³/mol. The lowest BCUT2D eigenvalue weighted by Gasteiger charge is -2.42. The molecular formula is C23H31N5OS. The molecular weight excluding hydrogens is 394 g/mol. The van der Waals surface area contributed by atoms with Crippen LogP contribution < -0.4 is 10.2 Å². The van der Waals surface area contributed by atoms with Gasteiger partial charge in [-0.3, -0.25) is 9.36 Å². The first-order valence-corrected chi connectivity index (χ1v) is 12.4. The topological polar surface area (TPSA) is 63.1 Å². The van der Waals surface area contributed by atoms with Gasteiger partial charge in [-0.2, -0.15) is 0 Å². The van der Waals surface area contributed by atoms with E-state index in [1.807, 2.05) is 0 Å². The van der Waals surface area contributed by atoms with Crippen molar-refractivity contribution in [3.63, 3.8) is 0 Å². The number of benzene rings is 1. The van der Waals surface area contributed by atoms with Crippen LogP contribution in [0.3, 0.4) is 0 Å². The zero-order valence-corrected chi connectivity index (χ0v) is 18.4. The Morgan fingerprint density at radius 2 is 1.83 bits per heavy atom. The Labute approximate surface area is 182 Å². The standard InChI is InChI=1S/C23H31N5OS/c29-20(24-17-23(12-7-13-23)18-8-3-1-4-9-18)16-30-22-26-25-21(28(22)19-10-11-19)27-14-5-2-6-15-27/h1,3-4,8-9,19H,2,5-7,10-17H2,(H,24,29). The molecule has 30 heavy (non-hydrogen) atoms. The van der Waals surface area contributed by atoms with Crippen LogP contribution in [0, 0.1) is 0 Å². The maximum atomic E-state index is 12.6. The van der Waals surface area contributed by atoms with Crippen molar-refractivity contribution in [2.45, 2.75) is 68.0 Å². The van der Waals surface area contributed by atoms with Crippen molar-refractivity contribution in [3.8, 4) is 0 Å². The van der Waals surface area contributed by atoms with Gasteiger partial charge in [0, 0.05) is 31.1 Å². The Morgan fingerprint density at radius 1 is 1.07 bits per heavy atom. The first-order valence-electron chi connectivity index (χ1n) is 11.4. The van der Waals surface area contributed by atoms with Crippen LogP contribution in [-0.4, -0.2) is 46.1 Å². The highest BCUT2D eigenvalue weighted by atomic mass is 32.2. The van der Waals surface area contributed by atoms with Crippen LogP contribution >= 0.6 is 11.8 Å². The van der Waals surface area contributed by atoms with Gasteiger partial charge in [0.1, 0.15) is 0 Å². The monoisotopic (exact) mass is 425 g/mol. The van der Waals surface area contributed by atoms with Gasteiger partial charge >= 0.3 is 0 Å². The number of piperidine rings is 1. The molecule has 0 atom stereocenters. The molecule has 6 nitrogen and oxygen atoms in total. The summed E-state index contributed by atoms with van der Waals surface area (Å²) < 4.78 is 2.29. The van der Waals surface area contributed by atoms with Gasteiger partial charge in [-0.25, -0.2) is 0 Å². The fourth-order valence-electron chi connectivity index (χ4n) is 4.74. The van der Waals surface area contributed by atoms with Gasteiger partial charge in [0.15, 0.2) is 5.16 Å². The Kier molecular flexibility index (Phi) is 5.72. The van der Waals surface area contributed by atoms with Gasteiger partial charge < -0.3 is 10.2 Å². The van der Waals surface area contributed by atoms with E-state index in [1.165, 1.54) is 55.9 Å². The second-order valence-corrected chi connectivity index (χ2v) is 9.94. The molecule has 2 heterocycles. The number of nitrogens with one attached hydrogen (secondary N) is 1. The molecule has 2 aromatic rings. The molecule has 0 spiro atoms. The van der Waals surface area contributed by atoms with Crippen molar-refractivity contribution in [1.29, 1.82) is 0 Å².